The molecule has 1 saturated heterocycles. The van der Waals surface area contributed by atoms with Gasteiger partial charge in [-0.25, -0.2) is 8.42 Å². The highest BCUT2D eigenvalue weighted by molar-refractivity contribution is 7.91. The number of esters is 1. The Hall–Kier alpha value is -1.49. The predicted octanol–water partition coefficient (Wildman–Crippen LogP) is 6.88. The predicted molar refractivity (Wildman–Crippen MR) is 209 cm³/mol. The quantitative estimate of drug-likeness (QED) is 0.161. The monoisotopic (exact) mass is 761 g/mol. The van der Waals surface area contributed by atoms with Crippen LogP contribution in [0, 0.1) is 56.7 Å². The van der Waals surface area contributed by atoms with Gasteiger partial charge in [0.15, 0.2) is 9.84 Å². The number of rotatable bonds is 10. The molecule has 3 N–H and O–H groups in total. The van der Waals surface area contributed by atoms with Crippen LogP contribution in [0.25, 0.3) is 0 Å². The van der Waals surface area contributed by atoms with E-state index in [1.54, 1.807) is 13.8 Å². The van der Waals surface area contributed by atoms with E-state index in [9.17, 15) is 28.2 Å². The number of allylic oxidation sites excluding steroid dienone is 1. The smallest absolute Gasteiger partial charge is 0.309 e. The number of sulfone groups is 1. The molecule has 1 heterocycles. The zero-order chi connectivity index (χ0) is 39.2. The summed E-state index contributed by atoms with van der Waals surface area (Å²) in [5.41, 5.74) is 0.359. The summed E-state index contributed by atoms with van der Waals surface area (Å²) in [5, 5.41) is 24.8. The molecule has 10 heteroatoms. The number of carboxylic acids is 1. The number of carbonyl (C=O) groups excluding carboxylic acids is 1. The number of nitrogens with one attached hydrogen (secondary N) is 1. The first kappa shape index (κ1) is 41.2. The molecule has 0 aromatic heterocycles. The number of fused-ring (bicyclic) bond motifs is 7. The fraction of sp³-hybridized carbons (Fsp3) is 0.907. The summed E-state index contributed by atoms with van der Waals surface area (Å²) in [7, 11) is -3.00. The fourth-order valence-electron chi connectivity index (χ4n) is 14.2. The van der Waals surface area contributed by atoms with Gasteiger partial charge < -0.3 is 20.3 Å². The summed E-state index contributed by atoms with van der Waals surface area (Å²) in [6, 6.07) is -0.123. The van der Waals surface area contributed by atoms with Crippen LogP contribution in [-0.2, 0) is 24.2 Å². The SMILES string of the molecule is C=C(C)[C@@H]1CCC2(NC[C@H]([C@@H](C)O)N3CCS(=O)(=O)CC3)CC[C@]3(C)[C@H](CC[C@@H]4[C@@]5(C)CC[C@H](OC(=O)CC(C)(C)C(=O)O)C(C)(C)[C@@H]5CC[C@]43C)[C@@H]12. The minimum atomic E-state index is -3.00. The van der Waals surface area contributed by atoms with Gasteiger partial charge in [0.05, 0.1) is 29.4 Å². The highest BCUT2D eigenvalue weighted by Gasteiger charge is 2.71. The molecule has 5 aliphatic carbocycles. The average molecular weight is 761 g/mol. The third-order valence-corrected chi connectivity index (χ3v) is 19.1. The van der Waals surface area contributed by atoms with Gasteiger partial charge in [0.1, 0.15) is 6.10 Å². The minimum absolute atomic E-state index is 0.0216. The molecule has 302 valence electrons. The molecule has 0 amide bonds. The Labute approximate surface area is 320 Å². The lowest BCUT2D eigenvalue weighted by Gasteiger charge is -2.73. The largest absolute Gasteiger partial charge is 0.481 e. The number of hydrogen-bond donors (Lipinski definition) is 3. The van der Waals surface area contributed by atoms with Gasteiger partial charge in [0.2, 0.25) is 0 Å². The van der Waals surface area contributed by atoms with Crippen molar-refractivity contribution in [3.63, 3.8) is 0 Å². The van der Waals surface area contributed by atoms with Gasteiger partial charge in [0.25, 0.3) is 0 Å². The summed E-state index contributed by atoms with van der Waals surface area (Å²) in [6.45, 7) is 25.9. The molecule has 0 radical (unpaired) electrons. The van der Waals surface area contributed by atoms with Gasteiger partial charge in [-0.2, -0.15) is 0 Å². The van der Waals surface area contributed by atoms with E-state index in [4.69, 9.17) is 4.74 Å². The summed E-state index contributed by atoms with van der Waals surface area (Å²) in [4.78, 5) is 27.1. The van der Waals surface area contributed by atoms with Crippen LogP contribution in [0.3, 0.4) is 0 Å². The standard InChI is InChI=1S/C43H72N2O7S/c1-27(2)29-13-18-43(44-26-31(28(3)46)45-21-23-53(50,51)24-22-45)20-19-41(9)30(36(29)43)11-12-33-40(8)16-15-34(52-35(47)25-38(4,5)37(48)49)39(6,7)32(40)14-17-42(33,41)10/h28-34,36,44,46H,1,11-26H2,2-10H3,(H,48,49)/t28-,29+,30-,31-,32+,33-,34+,36-,40+,41-,42-,43?/m1/s1. The van der Waals surface area contributed by atoms with Gasteiger partial charge >= 0.3 is 11.9 Å². The molecule has 0 aromatic rings. The first-order valence-electron chi connectivity index (χ1n) is 20.9. The number of nitrogens with zero attached hydrogens (tertiary/aromatic N) is 1. The molecule has 0 spiro atoms. The van der Waals surface area contributed by atoms with Gasteiger partial charge in [-0.05, 0) is 138 Å². The number of aliphatic carboxylic acids is 1. The van der Waals surface area contributed by atoms with E-state index in [-0.39, 0.29) is 57.3 Å². The van der Waals surface area contributed by atoms with E-state index in [0.717, 1.165) is 44.9 Å². The Morgan fingerprint density at radius 1 is 0.925 bits per heavy atom. The van der Waals surface area contributed by atoms with Crippen LogP contribution in [0.2, 0.25) is 0 Å². The molecule has 9 nitrogen and oxygen atoms in total. The first-order valence-corrected chi connectivity index (χ1v) is 22.7. The molecule has 0 bridgehead atoms. The Morgan fingerprint density at radius 3 is 2.19 bits per heavy atom. The third kappa shape index (κ3) is 6.77. The van der Waals surface area contributed by atoms with Crippen LogP contribution in [-0.4, -0.2) is 90.4 Å². The molecule has 5 saturated carbocycles. The molecular formula is C43H72N2O7S. The van der Waals surface area contributed by atoms with E-state index in [1.807, 2.05) is 6.92 Å². The number of aliphatic hydroxyl groups is 1. The van der Waals surface area contributed by atoms with Gasteiger partial charge in [-0.1, -0.05) is 46.8 Å². The second-order valence-electron chi connectivity index (χ2n) is 20.9. The Bertz CT molecular complexity index is 1540. The average Bonchev–Trinajstić information content (AvgIpc) is 3.43. The zero-order valence-corrected chi connectivity index (χ0v) is 35.2. The van der Waals surface area contributed by atoms with E-state index >= 15 is 0 Å². The molecule has 12 atom stereocenters. The Kier molecular flexibility index (Phi) is 10.8. The van der Waals surface area contributed by atoms with Crippen molar-refractivity contribution < 1.29 is 33.0 Å². The van der Waals surface area contributed by atoms with E-state index in [0.29, 0.717) is 49.2 Å². The van der Waals surface area contributed by atoms with Crippen LogP contribution in [0.4, 0.5) is 0 Å². The highest BCUT2D eigenvalue weighted by atomic mass is 32.2. The number of ether oxygens (including phenoxy) is 1. The maximum atomic E-state index is 13.1. The number of hydrogen-bond acceptors (Lipinski definition) is 8. The zero-order valence-electron chi connectivity index (χ0n) is 34.4. The van der Waals surface area contributed by atoms with Crippen LogP contribution in [0.5, 0.6) is 0 Å². The summed E-state index contributed by atoms with van der Waals surface area (Å²) in [6.07, 6.45) is 10.1. The van der Waals surface area contributed by atoms with E-state index < -0.39 is 33.3 Å². The lowest BCUT2D eigenvalue weighted by atomic mass is 9.32. The number of carboxylic acid groups (broad SMARTS) is 1. The highest BCUT2D eigenvalue weighted by Crippen LogP contribution is 2.76. The molecule has 53 heavy (non-hydrogen) atoms. The molecule has 6 aliphatic rings. The summed E-state index contributed by atoms with van der Waals surface area (Å²) in [5.74, 6) is 1.40. The summed E-state index contributed by atoms with van der Waals surface area (Å²) >= 11 is 0. The Balaban J connectivity index is 1.23. The maximum Gasteiger partial charge on any atom is 0.309 e. The van der Waals surface area contributed by atoms with Crippen molar-refractivity contribution in [3.8, 4) is 0 Å². The minimum Gasteiger partial charge on any atom is -0.481 e. The van der Waals surface area contributed by atoms with Crippen LogP contribution in [0.1, 0.15) is 133 Å². The van der Waals surface area contributed by atoms with Crippen molar-refractivity contribution in [2.24, 2.45) is 56.7 Å². The molecule has 1 aliphatic heterocycles. The second kappa shape index (κ2) is 13.9. The molecule has 6 fully saturated rings. The van der Waals surface area contributed by atoms with Crippen molar-refractivity contribution in [1.82, 2.24) is 10.2 Å². The van der Waals surface area contributed by atoms with Gasteiger partial charge in [-0.15, -0.1) is 0 Å². The first-order chi connectivity index (χ1) is 24.4. The molecule has 6 rings (SSSR count). The van der Waals surface area contributed by atoms with Crippen molar-refractivity contribution in [2.45, 2.75) is 157 Å². The lowest BCUT2D eigenvalue weighted by Crippen LogP contribution is -2.69. The second-order valence-corrected chi connectivity index (χ2v) is 23.2. The summed E-state index contributed by atoms with van der Waals surface area (Å²) < 4.78 is 30.6. The topological polar surface area (TPSA) is 133 Å². The van der Waals surface area contributed by atoms with Crippen molar-refractivity contribution in [3.05, 3.63) is 12.2 Å². The molecule has 0 aromatic carbocycles. The van der Waals surface area contributed by atoms with Crippen molar-refractivity contribution in [1.29, 1.82) is 0 Å². The van der Waals surface area contributed by atoms with E-state index in [1.165, 1.54) is 24.8 Å². The van der Waals surface area contributed by atoms with Crippen LogP contribution < -0.4 is 5.32 Å². The third-order valence-electron chi connectivity index (χ3n) is 17.5. The number of aliphatic hydroxyl groups excluding tert-OH is 1. The van der Waals surface area contributed by atoms with E-state index in [2.05, 4.69) is 58.3 Å². The fourth-order valence-corrected chi connectivity index (χ4v) is 15.5. The molecule has 1 unspecified atom stereocenters. The van der Waals surface area contributed by atoms with Crippen molar-refractivity contribution >= 4 is 21.8 Å². The number of carbonyl (C=O) groups is 2. The molecular weight excluding hydrogens is 689 g/mol. The lowest BCUT2D eigenvalue weighted by molar-refractivity contribution is -0.246. The van der Waals surface area contributed by atoms with Crippen LogP contribution >= 0.6 is 0 Å². The Morgan fingerprint density at radius 2 is 1.58 bits per heavy atom. The van der Waals surface area contributed by atoms with Crippen molar-refractivity contribution in [2.75, 3.05) is 31.1 Å². The normalized spacial score (nSPS) is 43.3. The van der Waals surface area contributed by atoms with Gasteiger partial charge in [0, 0.05) is 36.6 Å². The van der Waals surface area contributed by atoms with Crippen LogP contribution in [0.15, 0.2) is 12.2 Å². The maximum absolute atomic E-state index is 13.1. The van der Waals surface area contributed by atoms with Gasteiger partial charge in [-0.3, -0.25) is 14.5 Å².